The molecule has 1 saturated carbocycles. The molecular formula is C30H28F6O3. The minimum atomic E-state index is -4.53. The third kappa shape index (κ3) is 5.26. The van der Waals surface area contributed by atoms with Crippen molar-refractivity contribution in [1.29, 1.82) is 0 Å². The van der Waals surface area contributed by atoms with Crippen LogP contribution in [0.25, 0.3) is 11.1 Å². The summed E-state index contributed by atoms with van der Waals surface area (Å²) >= 11 is 0. The lowest BCUT2D eigenvalue weighted by Crippen LogP contribution is -2.34. The Bertz CT molecular complexity index is 1330. The molecule has 1 aliphatic heterocycles. The Morgan fingerprint density at radius 2 is 1.28 bits per heavy atom. The van der Waals surface area contributed by atoms with Gasteiger partial charge in [0.2, 0.25) is 0 Å². The summed E-state index contributed by atoms with van der Waals surface area (Å²) in [6.45, 7) is 5.93. The van der Waals surface area contributed by atoms with Gasteiger partial charge < -0.3 is 14.2 Å². The van der Waals surface area contributed by atoms with Gasteiger partial charge in [-0.2, -0.15) is 8.78 Å². The van der Waals surface area contributed by atoms with Crippen LogP contribution in [-0.4, -0.2) is 19.0 Å². The van der Waals surface area contributed by atoms with Gasteiger partial charge in [-0.3, -0.25) is 0 Å². The topological polar surface area (TPSA) is 27.7 Å². The zero-order valence-corrected chi connectivity index (χ0v) is 21.8. The number of halogens is 6. The maximum absolute atomic E-state index is 15.0. The largest absolute Gasteiger partial charge is 0.432 e. The molecule has 1 saturated heterocycles. The predicted molar refractivity (Wildman–Crippen MR) is 133 cm³/mol. The number of alkyl halides is 2. The van der Waals surface area contributed by atoms with E-state index in [1.54, 1.807) is 13.8 Å². The van der Waals surface area contributed by atoms with Gasteiger partial charge in [-0.1, -0.05) is 12.1 Å². The minimum absolute atomic E-state index is 0.0916. The number of hydrogen-bond donors (Lipinski definition) is 0. The van der Waals surface area contributed by atoms with Crippen LogP contribution in [0.1, 0.15) is 59.4 Å². The molecule has 0 unspecified atom stereocenters. The van der Waals surface area contributed by atoms with Crippen molar-refractivity contribution in [2.45, 2.75) is 64.3 Å². The molecule has 9 heteroatoms. The lowest BCUT2D eigenvalue weighted by molar-refractivity contribution is -0.189. The quantitative estimate of drug-likeness (QED) is 0.299. The second kappa shape index (κ2) is 10.2. The molecule has 3 nitrogen and oxygen atoms in total. The molecule has 1 aliphatic carbocycles. The fourth-order valence-electron chi connectivity index (χ4n) is 5.74. The van der Waals surface area contributed by atoms with Gasteiger partial charge in [0, 0.05) is 30.5 Å². The highest BCUT2D eigenvalue weighted by molar-refractivity contribution is 5.72. The van der Waals surface area contributed by atoms with Crippen LogP contribution in [-0.2, 0) is 15.6 Å². The van der Waals surface area contributed by atoms with Crippen LogP contribution in [0.5, 0.6) is 5.75 Å². The van der Waals surface area contributed by atoms with Gasteiger partial charge in [-0.05, 0) is 79.5 Å². The first-order chi connectivity index (χ1) is 18.4. The third-order valence-electron chi connectivity index (χ3n) is 7.71. The molecule has 0 N–H and O–H groups in total. The maximum Gasteiger partial charge on any atom is 0.432 e. The van der Waals surface area contributed by atoms with E-state index in [4.69, 9.17) is 9.47 Å². The Kier molecular flexibility index (Phi) is 7.18. The van der Waals surface area contributed by atoms with Crippen molar-refractivity contribution in [3.8, 4) is 16.9 Å². The van der Waals surface area contributed by atoms with E-state index in [1.165, 1.54) is 0 Å². The van der Waals surface area contributed by atoms with Gasteiger partial charge in [-0.25, -0.2) is 17.6 Å². The lowest BCUT2D eigenvalue weighted by atomic mass is 9.79. The minimum Gasteiger partial charge on any atom is -0.429 e. The highest BCUT2D eigenvalue weighted by Crippen LogP contribution is 2.44. The van der Waals surface area contributed by atoms with Crippen LogP contribution in [0, 0.1) is 44.0 Å². The summed E-state index contributed by atoms with van der Waals surface area (Å²) in [4.78, 5) is 0. The smallest absolute Gasteiger partial charge is 0.429 e. The van der Waals surface area contributed by atoms with Crippen molar-refractivity contribution in [3.05, 3.63) is 87.5 Å². The third-order valence-corrected chi connectivity index (χ3v) is 7.71. The van der Waals surface area contributed by atoms with Crippen molar-refractivity contribution in [3.63, 3.8) is 0 Å². The average molecular weight is 551 g/mol. The fourth-order valence-corrected chi connectivity index (χ4v) is 5.74. The van der Waals surface area contributed by atoms with E-state index in [-0.39, 0.29) is 11.5 Å². The van der Waals surface area contributed by atoms with Gasteiger partial charge in [0.25, 0.3) is 0 Å². The van der Waals surface area contributed by atoms with Crippen LogP contribution in [0.4, 0.5) is 26.3 Å². The molecular weight excluding hydrogens is 522 g/mol. The molecule has 3 aromatic rings. The normalized spacial score (nSPS) is 17.7. The van der Waals surface area contributed by atoms with E-state index in [0.29, 0.717) is 30.9 Å². The lowest BCUT2D eigenvalue weighted by Gasteiger charge is -2.35. The first-order valence-corrected chi connectivity index (χ1v) is 12.8. The molecule has 2 fully saturated rings. The van der Waals surface area contributed by atoms with Crippen LogP contribution in [0.2, 0.25) is 0 Å². The molecule has 2 aliphatic rings. The highest BCUT2D eigenvalue weighted by Gasteiger charge is 2.42. The molecule has 1 spiro atoms. The summed E-state index contributed by atoms with van der Waals surface area (Å²) in [5, 5.41) is 0. The van der Waals surface area contributed by atoms with E-state index in [2.05, 4.69) is 4.74 Å². The number of aryl methyl sites for hydroxylation is 2. The Morgan fingerprint density at radius 1 is 0.769 bits per heavy atom. The molecule has 0 radical (unpaired) electrons. The van der Waals surface area contributed by atoms with Crippen LogP contribution >= 0.6 is 0 Å². The summed E-state index contributed by atoms with van der Waals surface area (Å²) in [7, 11) is 0. The average Bonchev–Trinajstić information content (AvgIpc) is 3.29. The van der Waals surface area contributed by atoms with E-state index >= 15 is 8.78 Å². The van der Waals surface area contributed by atoms with Crippen LogP contribution in [0.3, 0.4) is 0 Å². The number of ether oxygens (including phenoxy) is 3. The SMILES string of the molecule is Cc1cc(C2CCC3(CC2)OCCO3)cc(C)c1-c1cc(F)c(C(F)(F)Oc2cc(F)c(C)c(F)c2)c(F)c1. The number of rotatable bonds is 5. The summed E-state index contributed by atoms with van der Waals surface area (Å²) in [6, 6.07) is 6.63. The van der Waals surface area contributed by atoms with Gasteiger partial charge in [0.15, 0.2) is 5.79 Å². The van der Waals surface area contributed by atoms with Gasteiger partial charge in [-0.15, -0.1) is 0 Å². The number of hydrogen-bond acceptors (Lipinski definition) is 3. The second-order valence-corrected chi connectivity index (χ2v) is 10.4. The Hall–Kier alpha value is -3.04. The Labute approximate surface area is 222 Å². The standard InChI is InChI=1S/C30H28F6O3/c1-16-10-20(19-4-6-29(7-5-19)37-8-9-38-29)11-17(2)27(16)21-12-25(33)28(26(34)13-21)30(35,36)39-22-14-23(31)18(3)24(32)15-22/h10-15,19H,4-9H2,1-3H3. The molecule has 5 rings (SSSR count). The highest BCUT2D eigenvalue weighted by atomic mass is 19.3. The van der Waals surface area contributed by atoms with Crippen molar-refractivity contribution in [2.75, 3.05) is 13.2 Å². The second-order valence-electron chi connectivity index (χ2n) is 10.4. The molecule has 39 heavy (non-hydrogen) atoms. The fraction of sp³-hybridized carbons (Fsp3) is 0.400. The van der Waals surface area contributed by atoms with Crippen molar-refractivity contribution in [2.24, 2.45) is 0 Å². The molecule has 208 valence electrons. The van der Waals surface area contributed by atoms with Crippen LogP contribution in [0.15, 0.2) is 36.4 Å². The monoisotopic (exact) mass is 550 g/mol. The summed E-state index contributed by atoms with van der Waals surface area (Å²) in [5.41, 5.74) is 1.17. The molecule has 3 aromatic carbocycles. The van der Waals surface area contributed by atoms with Gasteiger partial charge >= 0.3 is 6.11 Å². The van der Waals surface area contributed by atoms with E-state index < -0.39 is 52.0 Å². The van der Waals surface area contributed by atoms with E-state index in [1.807, 2.05) is 12.1 Å². The molecule has 0 amide bonds. The zero-order chi connectivity index (χ0) is 28.1. The summed E-state index contributed by atoms with van der Waals surface area (Å²) in [5.74, 6) is -6.44. The first kappa shape index (κ1) is 27.5. The molecule has 0 bridgehead atoms. The van der Waals surface area contributed by atoms with Crippen molar-refractivity contribution >= 4 is 0 Å². The number of benzene rings is 3. The van der Waals surface area contributed by atoms with E-state index in [0.717, 1.165) is 61.4 Å². The molecule has 0 aromatic heterocycles. The first-order valence-electron chi connectivity index (χ1n) is 12.8. The van der Waals surface area contributed by atoms with Crippen molar-refractivity contribution < 1.29 is 40.6 Å². The summed E-state index contributed by atoms with van der Waals surface area (Å²) < 4.78 is 103. The van der Waals surface area contributed by atoms with E-state index in [9.17, 15) is 17.6 Å². The zero-order valence-electron chi connectivity index (χ0n) is 21.8. The summed E-state index contributed by atoms with van der Waals surface area (Å²) in [6.07, 6.45) is -1.21. The molecule has 0 atom stereocenters. The molecule has 1 heterocycles. The van der Waals surface area contributed by atoms with Gasteiger partial charge in [0.1, 0.15) is 34.6 Å². The van der Waals surface area contributed by atoms with Gasteiger partial charge in [0.05, 0.1) is 13.2 Å². The maximum atomic E-state index is 15.0. The van der Waals surface area contributed by atoms with Crippen LogP contribution < -0.4 is 4.74 Å². The Balaban J connectivity index is 1.41. The van der Waals surface area contributed by atoms with Crippen molar-refractivity contribution in [1.82, 2.24) is 0 Å². The Morgan fingerprint density at radius 3 is 1.79 bits per heavy atom. The predicted octanol–water partition coefficient (Wildman–Crippen LogP) is 8.36.